The predicted octanol–water partition coefficient (Wildman–Crippen LogP) is 1.96. The molecule has 5 heterocycles. The van der Waals surface area contributed by atoms with Crippen molar-refractivity contribution in [2.75, 3.05) is 37.6 Å². The van der Waals surface area contributed by atoms with Gasteiger partial charge in [-0.05, 0) is 61.2 Å². The molecule has 0 unspecified atom stereocenters. The minimum Gasteiger partial charge on any atom is -0.341 e. The molecule has 0 bridgehead atoms. The number of nitrogens with zero attached hydrogens (tertiary/aromatic N) is 4. The number of thiophene rings is 1. The molecule has 28 heavy (non-hydrogen) atoms. The Balaban J connectivity index is 1.44. The Bertz CT molecular complexity index is 947. The van der Waals surface area contributed by atoms with Crippen molar-refractivity contribution in [2.24, 2.45) is 0 Å². The lowest BCUT2D eigenvalue weighted by Gasteiger charge is -2.44. The lowest BCUT2D eigenvalue weighted by molar-refractivity contribution is 0.147. The lowest BCUT2D eigenvalue weighted by Crippen LogP contribution is -2.53. The van der Waals surface area contributed by atoms with E-state index in [4.69, 9.17) is 4.98 Å². The van der Waals surface area contributed by atoms with Gasteiger partial charge in [-0.25, -0.2) is 23.1 Å². The maximum Gasteiger partial charge on any atom is 0.243 e. The maximum atomic E-state index is 12.6. The molecule has 2 aromatic rings. The number of fused-ring (bicyclic) bond motifs is 2. The molecule has 5 rings (SSSR count). The van der Waals surface area contributed by atoms with Crippen molar-refractivity contribution < 1.29 is 8.42 Å². The molecular formula is C19H25N5O2S2. The normalized spacial score (nSPS) is 23.8. The fourth-order valence-corrected chi connectivity index (χ4v) is 6.59. The number of sulfonamides is 1. The second-order valence-corrected chi connectivity index (χ2v) is 10.6. The second kappa shape index (κ2) is 7.05. The van der Waals surface area contributed by atoms with Gasteiger partial charge in [0.25, 0.3) is 0 Å². The average molecular weight is 420 g/mol. The summed E-state index contributed by atoms with van der Waals surface area (Å²) in [6.45, 7) is 5.18. The van der Waals surface area contributed by atoms with Crippen LogP contribution in [0.1, 0.15) is 36.9 Å². The first-order chi connectivity index (χ1) is 13.6. The molecule has 0 saturated carbocycles. The van der Waals surface area contributed by atoms with Gasteiger partial charge in [0.1, 0.15) is 4.90 Å². The molecule has 0 aliphatic carbocycles. The van der Waals surface area contributed by atoms with E-state index >= 15 is 0 Å². The third-order valence-corrected chi connectivity index (χ3v) is 8.46. The smallest absolute Gasteiger partial charge is 0.243 e. The summed E-state index contributed by atoms with van der Waals surface area (Å²) < 4.78 is 28.0. The van der Waals surface area contributed by atoms with E-state index in [0.717, 1.165) is 64.1 Å². The molecule has 2 aromatic heterocycles. The van der Waals surface area contributed by atoms with Crippen LogP contribution < -0.4 is 9.62 Å². The van der Waals surface area contributed by atoms with Crippen LogP contribution in [0.4, 0.5) is 5.95 Å². The van der Waals surface area contributed by atoms with Crippen molar-refractivity contribution in [3.8, 4) is 0 Å². The molecular weight excluding hydrogens is 394 g/mol. The molecule has 1 spiro atoms. The molecule has 3 aliphatic rings. The van der Waals surface area contributed by atoms with Gasteiger partial charge in [-0.3, -0.25) is 4.90 Å². The topological polar surface area (TPSA) is 78.4 Å². The fraction of sp³-hybridized carbons (Fsp3) is 0.579. The number of piperidine rings is 1. The van der Waals surface area contributed by atoms with E-state index in [1.165, 1.54) is 11.8 Å². The zero-order valence-corrected chi connectivity index (χ0v) is 17.4. The third-order valence-electron chi connectivity index (χ3n) is 6.32. The molecule has 150 valence electrons. The van der Waals surface area contributed by atoms with Crippen LogP contribution in [0.5, 0.6) is 0 Å². The van der Waals surface area contributed by atoms with Gasteiger partial charge in [0, 0.05) is 31.6 Å². The second-order valence-electron chi connectivity index (χ2n) is 8.09. The maximum absolute atomic E-state index is 12.6. The SMILES string of the molecule is O=S1(=O)NCC2(CCN(Cc3ccsc3)CC2)c2nc(N3CCCC3)ncc21. The molecule has 0 atom stereocenters. The van der Waals surface area contributed by atoms with Crippen molar-refractivity contribution in [1.29, 1.82) is 0 Å². The van der Waals surface area contributed by atoms with Crippen molar-refractivity contribution in [3.05, 3.63) is 34.3 Å². The van der Waals surface area contributed by atoms with Crippen LogP contribution in [0.3, 0.4) is 0 Å². The van der Waals surface area contributed by atoms with Crippen LogP contribution in [0, 0.1) is 0 Å². The summed E-state index contributed by atoms with van der Waals surface area (Å²) in [6, 6.07) is 2.18. The largest absolute Gasteiger partial charge is 0.341 e. The van der Waals surface area contributed by atoms with E-state index in [2.05, 4.69) is 36.3 Å². The molecule has 2 fully saturated rings. The highest BCUT2D eigenvalue weighted by molar-refractivity contribution is 7.89. The zero-order valence-electron chi connectivity index (χ0n) is 15.8. The molecule has 0 amide bonds. The summed E-state index contributed by atoms with van der Waals surface area (Å²) in [7, 11) is -3.52. The molecule has 0 aromatic carbocycles. The summed E-state index contributed by atoms with van der Waals surface area (Å²) in [5.41, 5.74) is 1.85. The number of hydrogen-bond acceptors (Lipinski definition) is 7. The Labute approximate surface area is 169 Å². The van der Waals surface area contributed by atoms with E-state index in [1.807, 2.05) is 0 Å². The first-order valence-corrected chi connectivity index (χ1v) is 12.3. The highest BCUT2D eigenvalue weighted by Crippen LogP contribution is 2.41. The summed E-state index contributed by atoms with van der Waals surface area (Å²) in [4.78, 5) is 14.1. The van der Waals surface area contributed by atoms with Gasteiger partial charge in [0.05, 0.1) is 11.9 Å². The molecule has 1 N–H and O–H groups in total. The first kappa shape index (κ1) is 18.5. The van der Waals surface area contributed by atoms with E-state index in [9.17, 15) is 8.42 Å². The molecule has 7 nitrogen and oxygen atoms in total. The van der Waals surface area contributed by atoms with Gasteiger partial charge < -0.3 is 4.90 Å². The van der Waals surface area contributed by atoms with Crippen molar-refractivity contribution in [2.45, 2.75) is 42.5 Å². The summed E-state index contributed by atoms with van der Waals surface area (Å²) >= 11 is 1.73. The Morgan fingerprint density at radius 1 is 1.18 bits per heavy atom. The number of likely N-dealkylation sites (tertiary alicyclic amines) is 1. The summed E-state index contributed by atoms with van der Waals surface area (Å²) in [5.74, 6) is 0.688. The van der Waals surface area contributed by atoms with Crippen LogP contribution in [0.25, 0.3) is 0 Å². The molecule has 3 aliphatic heterocycles. The molecule has 2 saturated heterocycles. The van der Waals surface area contributed by atoms with Gasteiger partial charge in [-0.2, -0.15) is 11.3 Å². The lowest BCUT2D eigenvalue weighted by atomic mass is 9.75. The van der Waals surface area contributed by atoms with Crippen LogP contribution >= 0.6 is 11.3 Å². The quantitative estimate of drug-likeness (QED) is 0.820. The van der Waals surface area contributed by atoms with E-state index in [0.29, 0.717) is 12.5 Å². The Hall–Kier alpha value is -1.55. The van der Waals surface area contributed by atoms with E-state index in [1.54, 1.807) is 11.3 Å². The molecule has 0 radical (unpaired) electrons. The van der Waals surface area contributed by atoms with Gasteiger partial charge in [0.2, 0.25) is 16.0 Å². The number of hydrogen-bond donors (Lipinski definition) is 1. The summed E-state index contributed by atoms with van der Waals surface area (Å²) in [6.07, 6.45) is 5.62. The number of rotatable bonds is 3. The number of aromatic nitrogens is 2. The van der Waals surface area contributed by atoms with Crippen LogP contribution in [0.2, 0.25) is 0 Å². The zero-order chi connectivity index (χ0) is 19.2. The van der Waals surface area contributed by atoms with Gasteiger partial charge in [-0.1, -0.05) is 0 Å². The van der Waals surface area contributed by atoms with Crippen LogP contribution in [-0.2, 0) is 22.0 Å². The van der Waals surface area contributed by atoms with Crippen molar-refractivity contribution in [3.63, 3.8) is 0 Å². The van der Waals surface area contributed by atoms with Gasteiger partial charge in [-0.15, -0.1) is 0 Å². The van der Waals surface area contributed by atoms with Gasteiger partial charge in [0.15, 0.2) is 0 Å². The Morgan fingerprint density at radius 3 is 2.68 bits per heavy atom. The third kappa shape index (κ3) is 3.24. The fourth-order valence-electron chi connectivity index (χ4n) is 4.60. The Kier molecular flexibility index (Phi) is 4.65. The first-order valence-electron chi connectivity index (χ1n) is 9.91. The Morgan fingerprint density at radius 2 is 1.96 bits per heavy atom. The van der Waals surface area contributed by atoms with Crippen LogP contribution in [-0.4, -0.2) is 56.0 Å². The summed E-state index contributed by atoms with van der Waals surface area (Å²) in [5, 5.41) is 4.31. The van der Waals surface area contributed by atoms with Crippen molar-refractivity contribution >= 4 is 27.3 Å². The predicted molar refractivity (Wildman–Crippen MR) is 109 cm³/mol. The van der Waals surface area contributed by atoms with Crippen LogP contribution in [0.15, 0.2) is 27.9 Å². The van der Waals surface area contributed by atoms with Crippen molar-refractivity contribution in [1.82, 2.24) is 19.6 Å². The average Bonchev–Trinajstić information content (AvgIpc) is 3.41. The standard InChI is InChI=1S/C19H25N5O2S2/c25-28(26)16-11-20-18(24-6-1-2-7-24)22-17(16)19(14-21-28)4-8-23(9-5-19)12-15-3-10-27-13-15/h3,10-11,13,21H,1-2,4-9,12,14H2. The van der Waals surface area contributed by atoms with Gasteiger partial charge >= 0.3 is 0 Å². The minimum atomic E-state index is -3.52. The molecule has 9 heteroatoms. The minimum absolute atomic E-state index is 0.233. The number of nitrogens with one attached hydrogen (secondary N) is 1. The van der Waals surface area contributed by atoms with E-state index in [-0.39, 0.29) is 10.3 Å². The number of anilines is 1. The highest BCUT2D eigenvalue weighted by atomic mass is 32.2. The van der Waals surface area contributed by atoms with E-state index < -0.39 is 10.0 Å². The highest BCUT2D eigenvalue weighted by Gasteiger charge is 2.46. The monoisotopic (exact) mass is 419 g/mol.